The van der Waals surface area contributed by atoms with Crippen molar-refractivity contribution >= 4 is 15.9 Å². The van der Waals surface area contributed by atoms with Crippen molar-refractivity contribution in [1.82, 2.24) is 5.32 Å². The van der Waals surface area contributed by atoms with Crippen molar-refractivity contribution in [1.29, 1.82) is 0 Å². The summed E-state index contributed by atoms with van der Waals surface area (Å²) in [6, 6.07) is 2.95. The van der Waals surface area contributed by atoms with Gasteiger partial charge in [-0.25, -0.2) is 4.39 Å². The van der Waals surface area contributed by atoms with Gasteiger partial charge in [0.05, 0.1) is 6.42 Å². The van der Waals surface area contributed by atoms with Crippen LogP contribution >= 0.6 is 15.9 Å². The lowest BCUT2D eigenvalue weighted by Crippen LogP contribution is -2.28. The molecule has 0 aliphatic rings. The second-order valence-corrected chi connectivity index (χ2v) is 4.91. The van der Waals surface area contributed by atoms with E-state index < -0.39 is 24.5 Å². The molecule has 1 N–H and O–H groups in total. The van der Waals surface area contributed by atoms with E-state index in [4.69, 9.17) is 0 Å². The summed E-state index contributed by atoms with van der Waals surface area (Å²) in [6.45, 7) is 2.25. The molecule has 102 valence electrons. The Labute approximate surface area is 112 Å². The zero-order valence-corrected chi connectivity index (χ0v) is 11.4. The topological polar surface area (TPSA) is 12.0 Å². The van der Waals surface area contributed by atoms with E-state index in [1.165, 1.54) is 12.1 Å². The molecular weight excluding hydrogens is 314 g/mol. The van der Waals surface area contributed by atoms with Crippen LogP contribution in [-0.4, -0.2) is 12.7 Å². The molecular formula is C12H14BrF4N. The molecule has 0 radical (unpaired) electrons. The van der Waals surface area contributed by atoms with Crippen LogP contribution in [0.2, 0.25) is 0 Å². The number of hydrogen-bond donors (Lipinski definition) is 1. The summed E-state index contributed by atoms with van der Waals surface area (Å²) in [5, 5.41) is 2.73. The predicted molar refractivity (Wildman–Crippen MR) is 65.8 cm³/mol. The van der Waals surface area contributed by atoms with Gasteiger partial charge in [0, 0.05) is 16.1 Å². The Morgan fingerprint density at radius 2 is 2.00 bits per heavy atom. The fraction of sp³-hybridized carbons (Fsp3) is 0.500. The first-order chi connectivity index (χ1) is 8.33. The molecule has 1 rings (SSSR count). The molecule has 0 bridgehead atoms. The van der Waals surface area contributed by atoms with Crippen LogP contribution in [0.1, 0.15) is 31.4 Å². The van der Waals surface area contributed by atoms with Gasteiger partial charge in [0.25, 0.3) is 0 Å². The summed E-state index contributed by atoms with van der Waals surface area (Å²) in [7, 11) is 0. The summed E-state index contributed by atoms with van der Waals surface area (Å²) in [5.74, 6) is -0.629. The van der Waals surface area contributed by atoms with Crippen LogP contribution < -0.4 is 5.32 Å². The van der Waals surface area contributed by atoms with E-state index >= 15 is 0 Å². The van der Waals surface area contributed by atoms with Crippen molar-refractivity contribution in [2.24, 2.45) is 0 Å². The highest BCUT2D eigenvalue weighted by molar-refractivity contribution is 9.10. The van der Waals surface area contributed by atoms with Gasteiger partial charge in [-0.05, 0) is 31.2 Å². The fourth-order valence-corrected chi connectivity index (χ4v) is 2.00. The Morgan fingerprint density at radius 3 is 2.56 bits per heavy atom. The molecule has 0 aliphatic heterocycles. The summed E-state index contributed by atoms with van der Waals surface area (Å²) < 4.78 is 51.6. The molecule has 0 saturated heterocycles. The molecule has 0 spiro atoms. The van der Waals surface area contributed by atoms with Crippen LogP contribution in [-0.2, 0) is 0 Å². The lowest BCUT2D eigenvalue weighted by molar-refractivity contribution is -0.140. The van der Waals surface area contributed by atoms with E-state index in [1.54, 1.807) is 0 Å². The van der Waals surface area contributed by atoms with Gasteiger partial charge in [-0.15, -0.1) is 0 Å². The highest BCUT2D eigenvalue weighted by Crippen LogP contribution is 2.31. The van der Waals surface area contributed by atoms with Gasteiger partial charge in [0.1, 0.15) is 5.82 Å². The molecule has 6 heteroatoms. The highest BCUT2D eigenvalue weighted by Gasteiger charge is 2.33. The number of hydrogen-bond acceptors (Lipinski definition) is 1. The number of nitrogens with one attached hydrogen (secondary N) is 1. The lowest BCUT2D eigenvalue weighted by atomic mass is 10.0. The van der Waals surface area contributed by atoms with Crippen LogP contribution in [0.25, 0.3) is 0 Å². The first-order valence-electron chi connectivity index (χ1n) is 5.58. The molecule has 0 heterocycles. The largest absolute Gasteiger partial charge is 0.390 e. The minimum Gasteiger partial charge on any atom is -0.310 e. The average molecular weight is 328 g/mol. The van der Waals surface area contributed by atoms with Crippen molar-refractivity contribution in [2.75, 3.05) is 6.54 Å². The van der Waals surface area contributed by atoms with Crippen LogP contribution in [0.15, 0.2) is 22.7 Å². The molecule has 1 unspecified atom stereocenters. The van der Waals surface area contributed by atoms with E-state index in [2.05, 4.69) is 21.2 Å². The van der Waals surface area contributed by atoms with E-state index in [1.807, 2.05) is 6.92 Å². The van der Waals surface area contributed by atoms with Gasteiger partial charge in [-0.1, -0.05) is 22.9 Å². The Hall–Kier alpha value is -0.620. The third-order valence-corrected chi connectivity index (χ3v) is 2.90. The van der Waals surface area contributed by atoms with Crippen LogP contribution in [0.4, 0.5) is 17.6 Å². The monoisotopic (exact) mass is 327 g/mol. The zero-order chi connectivity index (χ0) is 13.8. The van der Waals surface area contributed by atoms with E-state index in [9.17, 15) is 17.6 Å². The first kappa shape index (κ1) is 15.4. The first-order valence-corrected chi connectivity index (χ1v) is 6.38. The maximum absolute atomic E-state index is 13.6. The molecule has 1 aromatic carbocycles. The van der Waals surface area contributed by atoms with E-state index in [0.29, 0.717) is 17.4 Å². The van der Waals surface area contributed by atoms with Crippen molar-refractivity contribution in [3.63, 3.8) is 0 Å². The van der Waals surface area contributed by atoms with Crippen LogP contribution in [0.5, 0.6) is 0 Å². The van der Waals surface area contributed by atoms with Crippen LogP contribution in [0.3, 0.4) is 0 Å². The smallest absolute Gasteiger partial charge is 0.310 e. The predicted octanol–water partition coefficient (Wildman–Crippen LogP) is 4.58. The molecule has 0 saturated carbocycles. The second-order valence-electron chi connectivity index (χ2n) is 3.99. The number of benzene rings is 1. The standard InChI is InChI=1S/C12H14BrF4N/c1-2-5-18-11(7-12(15,16)17)9-6-8(13)3-4-10(9)14/h3-4,6,11,18H,2,5,7H2,1H3. The van der Waals surface area contributed by atoms with Gasteiger partial charge >= 0.3 is 6.18 Å². The van der Waals surface area contributed by atoms with Crippen molar-refractivity contribution in [2.45, 2.75) is 32.0 Å². The van der Waals surface area contributed by atoms with Gasteiger partial charge in [-0.2, -0.15) is 13.2 Å². The minimum absolute atomic E-state index is 0.0372. The lowest BCUT2D eigenvalue weighted by Gasteiger charge is -2.21. The Bertz CT molecular complexity index is 392. The quantitative estimate of drug-likeness (QED) is 0.780. The maximum atomic E-state index is 13.6. The zero-order valence-electron chi connectivity index (χ0n) is 9.82. The number of halogens is 5. The van der Waals surface area contributed by atoms with Gasteiger partial charge in [-0.3, -0.25) is 0 Å². The van der Waals surface area contributed by atoms with Crippen molar-refractivity contribution < 1.29 is 17.6 Å². The highest BCUT2D eigenvalue weighted by atomic mass is 79.9. The molecule has 1 aromatic rings. The second kappa shape index (κ2) is 6.52. The summed E-state index contributed by atoms with van der Waals surface area (Å²) in [6.07, 6.45) is -4.73. The van der Waals surface area contributed by atoms with Crippen molar-refractivity contribution in [3.8, 4) is 0 Å². The third kappa shape index (κ3) is 4.94. The van der Waals surface area contributed by atoms with E-state index in [0.717, 1.165) is 6.07 Å². The Morgan fingerprint density at radius 1 is 1.33 bits per heavy atom. The van der Waals surface area contributed by atoms with Gasteiger partial charge in [0.2, 0.25) is 0 Å². The molecule has 0 aromatic heterocycles. The molecule has 0 amide bonds. The number of rotatable bonds is 5. The third-order valence-electron chi connectivity index (χ3n) is 2.41. The van der Waals surface area contributed by atoms with Crippen LogP contribution in [0, 0.1) is 5.82 Å². The number of alkyl halides is 3. The molecule has 0 aliphatic carbocycles. The van der Waals surface area contributed by atoms with E-state index in [-0.39, 0.29) is 5.56 Å². The average Bonchev–Trinajstić information content (AvgIpc) is 2.26. The minimum atomic E-state index is -4.33. The van der Waals surface area contributed by atoms with Crippen molar-refractivity contribution in [3.05, 3.63) is 34.1 Å². The summed E-state index contributed by atoms with van der Waals surface area (Å²) in [5.41, 5.74) is 0.0372. The Balaban J connectivity index is 2.97. The summed E-state index contributed by atoms with van der Waals surface area (Å²) >= 11 is 3.14. The SMILES string of the molecule is CCCNC(CC(F)(F)F)c1cc(Br)ccc1F. The molecule has 0 fully saturated rings. The van der Waals surface area contributed by atoms with Gasteiger partial charge in [0.15, 0.2) is 0 Å². The normalized spacial score (nSPS) is 13.7. The molecule has 1 atom stereocenters. The molecule has 1 nitrogen and oxygen atoms in total. The summed E-state index contributed by atoms with van der Waals surface area (Å²) in [4.78, 5) is 0. The maximum Gasteiger partial charge on any atom is 0.390 e. The fourth-order valence-electron chi connectivity index (χ4n) is 1.62. The molecule has 18 heavy (non-hydrogen) atoms. The Kier molecular flexibility index (Phi) is 5.59. The van der Waals surface area contributed by atoms with Gasteiger partial charge < -0.3 is 5.32 Å².